The fourth-order valence-corrected chi connectivity index (χ4v) is 4.36. The van der Waals surface area contributed by atoms with Crippen LogP contribution >= 0.6 is 35.0 Å². The number of ether oxygens (including phenoxy) is 2. The van der Waals surface area contributed by atoms with Crippen LogP contribution in [0.5, 0.6) is 11.5 Å². The van der Waals surface area contributed by atoms with Gasteiger partial charge in [-0.3, -0.25) is 14.5 Å². The summed E-state index contributed by atoms with van der Waals surface area (Å²) in [7, 11) is 1.45. The average molecular weight is 514 g/mol. The van der Waals surface area contributed by atoms with Gasteiger partial charge in [0, 0.05) is 0 Å². The summed E-state index contributed by atoms with van der Waals surface area (Å²) >= 11 is 12.8. The van der Waals surface area contributed by atoms with E-state index in [0.29, 0.717) is 32.5 Å². The van der Waals surface area contributed by atoms with E-state index >= 15 is 0 Å². The molecule has 1 saturated heterocycles. The molecule has 3 aromatic carbocycles. The van der Waals surface area contributed by atoms with E-state index in [0.717, 1.165) is 16.7 Å². The minimum absolute atomic E-state index is 0.0800. The molecule has 34 heavy (non-hydrogen) atoms. The van der Waals surface area contributed by atoms with Crippen molar-refractivity contribution < 1.29 is 23.9 Å². The fourth-order valence-electron chi connectivity index (χ4n) is 3.20. The van der Waals surface area contributed by atoms with Crippen molar-refractivity contribution in [1.82, 2.24) is 4.90 Å². The Morgan fingerprint density at radius 2 is 1.74 bits per heavy atom. The van der Waals surface area contributed by atoms with Gasteiger partial charge < -0.3 is 9.47 Å². The van der Waals surface area contributed by atoms with Crippen LogP contribution in [0.4, 0.5) is 4.79 Å². The number of imide groups is 1. The van der Waals surface area contributed by atoms with Crippen molar-refractivity contribution >= 4 is 58.2 Å². The Morgan fingerprint density at radius 3 is 2.44 bits per heavy atom. The van der Waals surface area contributed by atoms with Gasteiger partial charge in [0.05, 0.1) is 34.2 Å². The van der Waals surface area contributed by atoms with Gasteiger partial charge in [-0.2, -0.15) is 0 Å². The highest BCUT2D eigenvalue weighted by atomic mass is 35.5. The van der Waals surface area contributed by atoms with Crippen molar-refractivity contribution in [2.75, 3.05) is 7.11 Å². The van der Waals surface area contributed by atoms with Crippen LogP contribution in [0, 0.1) is 0 Å². The average Bonchev–Trinajstić information content (AvgIpc) is 3.10. The molecule has 1 fully saturated rings. The molecule has 0 radical (unpaired) electrons. The monoisotopic (exact) mass is 513 g/mol. The highest BCUT2D eigenvalue weighted by Gasteiger charge is 2.35. The minimum atomic E-state index is -0.518. The molecular formula is C25H17Cl2NO5S. The molecule has 0 aromatic heterocycles. The molecule has 9 heteroatoms. The summed E-state index contributed by atoms with van der Waals surface area (Å²) in [5.74, 6) is -0.385. The van der Waals surface area contributed by atoms with Crippen molar-refractivity contribution in [2.45, 2.75) is 6.54 Å². The van der Waals surface area contributed by atoms with Gasteiger partial charge in [-0.05, 0) is 65.4 Å². The first-order chi connectivity index (χ1) is 16.4. The number of amides is 2. The second-order valence-corrected chi connectivity index (χ2v) is 8.99. The summed E-state index contributed by atoms with van der Waals surface area (Å²) in [6.07, 6.45) is 1.59. The number of halogens is 2. The number of carbonyl (C=O) groups is 3. The largest absolute Gasteiger partial charge is 0.493 e. The van der Waals surface area contributed by atoms with Gasteiger partial charge in [-0.15, -0.1) is 0 Å². The zero-order valence-electron chi connectivity index (χ0n) is 17.8. The maximum absolute atomic E-state index is 12.9. The maximum Gasteiger partial charge on any atom is 0.343 e. The topological polar surface area (TPSA) is 72.9 Å². The van der Waals surface area contributed by atoms with Crippen LogP contribution in [0.2, 0.25) is 10.0 Å². The summed E-state index contributed by atoms with van der Waals surface area (Å²) in [6, 6.07) is 18.4. The van der Waals surface area contributed by atoms with E-state index in [9.17, 15) is 14.4 Å². The number of hydrogen-bond acceptors (Lipinski definition) is 6. The maximum atomic E-state index is 12.9. The van der Waals surface area contributed by atoms with Gasteiger partial charge in [0.1, 0.15) is 0 Å². The van der Waals surface area contributed by atoms with E-state index in [1.165, 1.54) is 7.11 Å². The first-order valence-electron chi connectivity index (χ1n) is 10.0. The lowest BCUT2D eigenvalue weighted by molar-refractivity contribution is -0.123. The van der Waals surface area contributed by atoms with Crippen molar-refractivity contribution in [2.24, 2.45) is 0 Å². The highest BCUT2D eigenvalue weighted by Crippen LogP contribution is 2.36. The van der Waals surface area contributed by atoms with E-state index in [2.05, 4.69) is 0 Å². The Balaban J connectivity index is 1.52. The fraction of sp³-hybridized carbons (Fsp3) is 0.0800. The Bertz CT molecular complexity index is 1310. The first-order valence-corrected chi connectivity index (χ1v) is 11.6. The van der Waals surface area contributed by atoms with Crippen LogP contribution in [-0.2, 0) is 11.3 Å². The van der Waals surface area contributed by atoms with Crippen LogP contribution in [0.25, 0.3) is 6.08 Å². The minimum Gasteiger partial charge on any atom is -0.493 e. The number of benzene rings is 3. The number of methoxy groups -OCH3 is 1. The predicted molar refractivity (Wildman–Crippen MR) is 132 cm³/mol. The van der Waals surface area contributed by atoms with E-state index in [1.54, 1.807) is 72.8 Å². The lowest BCUT2D eigenvalue weighted by Gasteiger charge is -2.13. The molecule has 6 nitrogen and oxygen atoms in total. The molecular weight excluding hydrogens is 497 g/mol. The lowest BCUT2D eigenvalue weighted by atomic mass is 10.1. The smallest absolute Gasteiger partial charge is 0.343 e. The normalized spacial score (nSPS) is 14.6. The molecule has 1 aliphatic rings. The van der Waals surface area contributed by atoms with Crippen LogP contribution in [0.3, 0.4) is 0 Å². The van der Waals surface area contributed by atoms with Crippen LogP contribution < -0.4 is 9.47 Å². The molecule has 0 unspecified atom stereocenters. The molecule has 0 spiro atoms. The zero-order chi connectivity index (χ0) is 24.2. The Hall–Kier alpha value is -3.26. The third kappa shape index (κ3) is 5.28. The molecule has 1 heterocycles. The quantitative estimate of drug-likeness (QED) is 0.214. The summed E-state index contributed by atoms with van der Waals surface area (Å²) in [5.41, 5.74) is 1.70. The van der Waals surface area contributed by atoms with Crippen molar-refractivity contribution in [3.63, 3.8) is 0 Å². The summed E-state index contributed by atoms with van der Waals surface area (Å²) in [5, 5.41) is 0.357. The SMILES string of the molecule is COc1cc(/C=C2\SC(=O)N(Cc3ccc(Cl)c(Cl)c3)C2=O)ccc1OC(=O)c1ccccc1. The van der Waals surface area contributed by atoms with Crippen molar-refractivity contribution in [3.05, 3.63) is 98.4 Å². The van der Waals surface area contributed by atoms with Crippen LogP contribution in [0.1, 0.15) is 21.5 Å². The van der Waals surface area contributed by atoms with Gasteiger partial charge in [0.25, 0.3) is 11.1 Å². The summed E-state index contributed by atoms with van der Waals surface area (Å²) in [6.45, 7) is 0.0800. The van der Waals surface area contributed by atoms with E-state index in [4.69, 9.17) is 32.7 Å². The highest BCUT2D eigenvalue weighted by molar-refractivity contribution is 8.18. The molecule has 172 valence electrons. The number of thioether (sulfide) groups is 1. The molecule has 0 N–H and O–H groups in total. The van der Waals surface area contributed by atoms with Gasteiger partial charge in [0.15, 0.2) is 11.5 Å². The van der Waals surface area contributed by atoms with E-state index < -0.39 is 11.9 Å². The zero-order valence-corrected chi connectivity index (χ0v) is 20.1. The molecule has 0 bridgehead atoms. The van der Waals surface area contributed by atoms with Crippen molar-refractivity contribution in [3.8, 4) is 11.5 Å². The number of esters is 1. The number of carbonyl (C=O) groups excluding carboxylic acids is 3. The standard InChI is InChI=1S/C25H17Cl2NO5S/c1-32-21-12-15(8-10-20(21)33-24(30)17-5-3-2-4-6-17)13-22-23(29)28(25(31)34-22)14-16-7-9-18(26)19(27)11-16/h2-13H,14H2,1H3/b22-13-. The molecule has 3 aromatic rings. The Morgan fingerprint density at radius 1 is 0.971 bits per heavy atom. The van der Waals surface area contributed by atoms with E-state index in [1.807, 2.05) is 0 Å². The third-order valence-electron chi connectivity index (χ3n) is 4.90. The second-order valence-electron chi connectivity index (χ2n) is 7.18. The first kappa shape index (κ1) is 23.9. The number of nitrogens with zero attached hydrogens (tertiary/aromatic N) is 1. The van der Waals surface area contributed by atoms with E-state index in [-0.39, 0.29) is 22.4 Å². The van der Waals surface area contributed by atoms with Gasteiger partial charge in [0.2, 0.25) is 0 Å². The molecule has 0 atom stereocenters. The third-order valence-corrected chi connectivity index (χ3v) is 6.54. The summed E-state index contributed by atoms with van der Waals surface area (Å²) in [4.78, 5) is 39.1. The van der Waals surface area contributed by atoms with Gasteiger partial charge >= 0.3 is 5.97 Å². The van der Waals surface area contributed by atoms with Crippen molar-refractivity contribution in [1.29, 1.82) is 0 Å². The molecule has 4 rings (SSSR count). The second kappa shape index (κ2) is 10.3. The van der Waals surface area contributed by atoms with Crippen LogP contribution in [-0.4, -0.2) is 29.1 Å². The molecule has 0 saturated carbocycles. The Labute approximate surface area is 210 Å². The summed E-state index contributed by atoms with van der Waals surface area (Å²) < 4.78 is 10.8. The predicted octanol–water partition coefficient (Wildman–Crippen LogP) is 6.46. The lowest BCUT2D eigenvalue weighted by Crippen LogP contribution is -2.27. The molecule has 2 amide bonds. The molecule has 0 aliphatic carbocycles. The van der Waals surface area contributed by atoms with Gasteiger partial charge in [-0.1, -0.05) is 53.5 Å². The Kier molecular flexibility index (Phi) is 7.26. The number of rotatable bonds is 6. The molecule has 1 aliphatic heterocycles. The van der Waals surface area contributed by atoms with Crippen LogP contribution in [0.15, 0.2) is 71.6 Å². The van der Waals surface area contributed by atoms with Gasteiger partial charge in [-0.25, -0.2) is 4.79 Å². The number of hydrogen-bond donors (Lipinski definition) is 0.